The van der Waals surface area contributed by atoms with Crippen molar-refractivity contribution >= 4 is 17.3 Å². The van der Waals surface area contributed by atoms with Gasteiger partial charge in [-0.1, -0.05) is 6.07 Å². The maximum Gasteiger partial charge on any atom is 0.417 e. The van der Waals surface area contributed by atoms with Crippen molar-refractivity contribution in [2.45, 2.75) is 44.9 Å². The van der Waals surface area contributed by atoms with E-state index >= 15 is 4.39 Å². The Hall–Kier alpha value is -3.93. The lowest BCUT2D eigenvalue weighted by molar-refractivity contribution is -0.138. The third kappa shape index (κ3) is 6.37. The Morgan fingerprint density at radius 2 is 1.83 bits per heavy atom. The molecule has 1 saturated heterocycles. The lowest BCUT2D eigenvalue weighted by Gasteiger charge is -2.44. The highest BCUT2D eigenvalue weighted by Crippen LogP contribution is 2.36. The van der Waals surface area contributed by atoms with Crippen LogP contribution in [-0.2, 0) is 6.18 Å². The van der Waals surface area contributed by atoms with E-state index in [0.717, 1.165) is 19.0 Å². The van der Waals surface area contributed by atoms with Crippen molar-refractivity contribution in [1.82, 2.24) is 14.9 Å². The van der Waals surface area contributed by atoms with Gasteiger partial charge < -0.3 is 19.9 Å². The van der Waals surface area contributed by atoms with Crippen LogP contribution in [0.5, 0.6) is 5.88 Å². The second-order valence-corrected chi connectivity index (χ2v) is 10.8. The van der Waals surface area contributed by atoms with Gasteiger partial charge in [-0.3, -0.25) is 14.5 Å². The van der Waals surface area contributed by atoms with E-state index in [2.05, 4.69) is 34.0 Å². The Morgan fingerprint density at radius 1 is 1.12 bits per heavy atom. The lowest BCUT2D eigenvalue weighted by atomic mass is 10.0. The zero-order valence-electron chi connectivity index (χ0n) is 22.9. The van der Waals surface area contributed by atoms with Crippen LogP contribution in [0.4, 0.5) is 28.9 Å². The molecular formula is C29H31F4N5O3. The number of benzene rings is 1. The van der Waals surface area contributed by atoms with Crippen LogP contribution in [0.2, 0.25) is 0 Å². The molecule has 2 atom stereocenters. The maximum absolute atomic E-state index is 15.1. The third-order valence-corrected chi connectivity index (χ3v) is 7.72. The molecule has 1 aromatic carbocycles. The average Bonchev–Trinajstić information content (AvgIpc) is 3.74. The number of H-pyrrole nitrogens is 1. The fourth-order valence-electron chi connectivity index (χ4n) is 4.97. The van der Waals surface area contributed by atoms with Gasteiger partial charge in [0.05, 0.1) is 29.1 Å². The minimum Gasteiger partial charge on any atom is -0.477 e. The molecule has 8 nitrogen and oxygen atoms in total. The molecule has 2 aliphatic rings. The number of carbonyl (C=O) groups excluding carboxylic acids is 1. The number of amides is 1. The number of likely N-dealkylation sites (N-methyl/N-ethyl adjacent to an activating group) is 1. The molecular weight excluding hydrogens is 542 g/mol. The lowest BCUT2D eigenvalue weighted by Crippen LogP contribution is -2.55. The summed E-state index contributed by atoms with van der Waals surface area (Å²) < 4.78 is 61.7. The number of aromatic amines is 1. The fraction of sp³-hybridized carbons (Fsp3) is 0.414. The van der Waals surface area contributed by atoms with Gasteiger partial charge >= 0.3 is 6.18 Å². The van der Waals surface area contributed by atoms with Crippen molar-refractivity contribution in [3.8, 4) is 17.0 Å². The maximum atomic E-state index is 15.1. The summed E-state index contributed by atoms with van der Waals surface area (Å²) in [5, 5.41) is 2.59. The molecule has 5 rings (SSSR count). The molecule has 0 spiro atoms. The second-order valence-electron chi connectivity index (χ2n) is 10.8. The standard InChI is InChI=1S/C29H31F4N5O3/c1-16-13-38(14-17(2)37(16)3)24-8-6-19(20-7-9-26(36-27(20)30)41-15-18-4-5-18)10-23(24)35-28(40)21-12-34-25(39)11-22(21)29(31,32)33/h6-12,16-18H,4-5,13-15H2,1-3H3,(H,34,39)(H,35,40)/t16-,17+. The summed E-state index contributed by atoms with van der Waals surface area (Å²) in [7, 11) is 2.01. The number of rotatable bonds is 7. The first kappa shape index (κ1) is 28.6. The van der Waals surface area contributed by atoms with E-state index in [1.165, 1.54) is 12.1 Å². The van der Waals surface area contributed by atoms with Crippen molar-refractivity contribution in [3.05, 3.63) is 70.0 Å². The first-order chi connectivity index (χ1) is 19.4. The van der Waals surface area contributed by atoms with E-state index in [1.54, 1.807) is 18.2 Å². The van der Waals surface area contributed by atoms with Crippen molar-refractivity contribution in [3.63, 3.8) is 0 Å². The normalized spacial score (nSPS) is 19.7. The van der Waals surface area contributed by atoms with Crippen LogP contribution in [0.3, 0.4) is 0 Å². The number of halogens is 4. The number of ether oxygens (including phenoxy) is 1. The number of nitrogens with one attached hydrogen (secondary N) is 2. The minimum atomic E-state index is -4.92. The zero-order valence-corrected chi connectivity index (χ0v) is 22.9. The number of carbonyl (C=O) groups is 1. The highest BCUT2D eigenvalue weighted by Gasteiger charge is 2.36. The summed E-state index contributed by atoms with van der Waals surface area (Å²) >= 11 is 0. The van der Waals surface area contributed by atoms with Gasteiger partial charge in [0.2, 0.25) is 17.4 Å². The third-order valence-electron chi connectivity index (χ3n) is 7.72. The van der Waals surface area contributed by atoms with Crippen LogP contribution >= 0.6 is 0 Å². The molecule has 2 aromatic heterocycles. The molecule has 0 radical (unpaired) electrons. The summed E-state index contributed by atoms with van der Waals surface area (Å²) in [6, 6.07) is 8.66. The quantitative estimate of drug-likeness (QED) is 0.300. The number of alkyl halides is 3. The molecule has 2 N–H and O–H groups in total. The van der Waals surface area contributed by atoms with Gasteiger partial charge in [-0.25, -0.2) is 0 Å². The summed E-state index contributed by atoms with van der Waals surface area (Å²) in [5.74, 6) is -1.20. The Bertz CT molecular complexity index is 1490. The number of hydrogen-bond acceptors (Lipinski definition) is 6. The molecule has 1 aliphatic heterocycles. The van der Waals surface area contributed by atoms with E-state index in [9.17, 15) is 22.8 Å². The van der Waals surface area contributed by atoms with Gasteiger partial charge in [-0.05, 0) is 63.4 Å². The molecule has 1 aliphatic carbocycles. The largest absolute Gasteiger partial charge is 0.477 e. The summed E-state index contributed by atoms with van der Waals surface area (Å²) in [6.07, 6.45) is -2.02. The molecule has 3 aromatic rings. The molecule has 0 bridgehead atoms. The molecule has 218 valence electrons. The number of anilines is 2. The zero-order chi connectivity index (χ0) is 29.5. The van der Waals surface area contributed by atoms with Crippen LogP contribution in [0, 0.1) is 11.9 Å². The Labute approximate surface area is 234 Å². The van der Waals surface area contributed by atoms with E-state index in [0.29, 0.717) is 42.9 Å². The SMILES string of the molecule is C[C@@H]1CN(c2ccc(-c3ccc(OCC4CC4)nc3F)cc2NC(=O)c2c[nH]c(=O)cc2C(F)(F)F)C[C@H](C)N1C. The summed E-state index contributed by atoms with van der Waals surface area (Å²) in [4.78, 5) is 35.2. The predicted octanol–water partition coefficient (Wildman–Crippen LogP) is 5.16. The van der Waals surface area contributed by atoms with Crippen LogP contribution in [0.25, 0.3) is 11.1 Å². The highest BCUT2D eigenvalue weighted by atomic mass is 19.4. The monoisotopic (exact) mass is 573 g/mol. The Kier molecular flexibility index (Phi) is 7.78. The predicted molar refractivity (Wildman–Crippen MR) is 147 cm³/mol. The number of hydrogen-bond donors (Lipinski definition) is 2. The first-order valence-corrected chi connectivity index (χ1v) is 13.4. The molecule has 0 unspecified atom stereocenters. The van der Waals surface area contributed by atoms with Crippen LogP contribution in [-0.4, -0.2) is 59.6 Å². The smallest absolute Gasteiger partial charge is 0.417 e. The Morgan fingerprint density at radius 3 is 2.46 bits per heavy atom. The van der Waals surface area contributed by atoms with Crippen molar-refractivity contribution in [1.29, 1.82) is 0 Å². The van der Waals surface area contributed by atoms with Crippen molar-refractivity contribution in [2.75, 3.05) is 37.0 Å². The topological polar surface area (TPSA) is 90.6 Å². The van der Waals surface area contributed by atoms with Gasteiger partial charge in [0.1, 0.15) is 0 Å². The molecule has 12 heteroatoms. The molecule has 41 heavy (non-hydrogen) atoms. The van der Waals surface area contributed by atoms with Crippen molar-refractivity contribution < 1.29 is 27.1 Å². The van der Waals surface area contributed by atoms with E-state index in [1.807, 2.05) is 11.9 Å². The number of nitrogens with zero attached hydrogens (tertiary/aromatic N) is 3. The highest BCUT2D eigenvalue weighted by molar-refractivity contribution is 6.07. The number of pyridine rings is 2. The number of aromatic nitrogens is 2. The Balaban J connectivity index is 1.51. The first-order valence-electron chi connectivity index (χ1n) is 13.4. The molecule has 1 saturated carbocycles. The van der Waals surface area contributed by atoms with Crippen LogP contribution in [0.15, 0.2) is 47.4 Å². The second kappa shape index (κ2) is 11.2. The molecule has 3 heterocycles. The fourth-order valence-corrected chi connectivity index (χ4v) is 4.97. The van der Waals surface area contributed by atoms with E-state index < -0.39 is 34.7 Å². The van der Waals surface area contributed by atoms with Gasteiger partial charge in [0.15, 0.2) is 0 Å². The minimum absolute atomic E-state index is 0.144. The summed E-state index contributed by atoms with van der Waals surface area (Å²) in [6.45, 7) is 5.78. The van der Waals surface area contributed by atoms with E-state index in [4.69, 9.17) is 4.74 Å². The summed E-state index contributed by atoms with van der Waals surface area (Å²) in [5.41, 5.74) is -1.78. The number of piperazine rings is 1. The van der Waals surface area contributed by atoms with Gasteiger partial charge in [-0.2, -0.15) is 22.5 Å². The van der Waals surface area contributed by atoms with Gasteiger partial charge in [0.25, 0.3) is 5.91 Å². The van der Waals surface area contributed by atoms with Gasteiger partial charge in [0, 0.05) is 49.1 Å². The molecule has 2 fully saturated rings. The van der Waals surface area contributed by atoms with Crippen LogP contribution in [0.1, 0.15) is 42.6 Å². The molecule has 1 amide bonds. The van der Waals surface area contributed by atoms with Crippen LogP contribution < -0.4 is 20.5 Å². The average molecular weight is 574 g/mol. The van der Waals surface area contributed by atoms with Crippen molar-refractivity contribution in [2.24, 2.45) is 5.92 Å². The van der Waals surface area contributed by atoms with Gasteiger partial charge in [-0.15, -0.1) is 0 Å². The van der Waals surface area contributed by atoms with E-state index in [-0.39, 0.29) is 29.2 Å².